The molecule has 0 aliphatic carbocycles. The summed E-state index contributed by atoms with van der Waals surface area (Å²) in [4.78, 5) is 27.3. The van der Waals surface area contributed by atoms with Crippen LogP contribution >= 0.6 is 0 Å². The number of rotatable bonds is 9. The highest BCUT2D eigenvalue weighted by Crippen LogP contribution is 2.28. The number of anilines is 1. The van der Waals surface area contributed by atoms with Crippen LogP contribution in [-0.4, -0.2) is 30.4 Å². The van der Waals surface area contributed by atoms with E-state index in [-0.39, 0.29) is 18.4 Å². The zero-order valence-electron chi connectivity index (χ0n) is 18.9. The van der Waals surface area contributed by atoms with Gasteiger partial charge >= 0.3 is 0 Å². The summed E-state index contributed by atoms with van der Waals surface area (Å²) in [5.41, 5.74) is 3.04. The van der Waals surface area contributed by atoms with E-state index in [2.05, 4.69) is 19.2 Å². The number of carbonyl (C=O) groups excluding carboxylic acids is 2. The fourth-order valence-electron chi connectivity index (χ4n) is 3.48. The second kappa shape index (κ2) is 11.1. The summed E-state index contributed by atoms with van der Waals surface area (Å²) in [5, 5.41) is 2.83. The van der Waals surface area contributed by atoms with Gasteiger partial charge in [0.1, 0.15) is 5.75 Å². The molecule has 0 radical (unpaired) electrons. The molecular formula is C27H30N2O3. The third-order valence-electron chi connectivity index (χ3n) is 5.46. The van der Waals surface area contributed by atoms with Gasteiger partial charge in [0, 0.05) is 13.6 Å². The molecule has 3 aromatic carbocycles. The molecule has 32 heavy (non-hydrogen) atoms. The molecule has 0 heterocycles. The van der Waals surface area contributed by atoms with Crippen LogP contribution in [0.4, 0.5) is 5.69 Å². The number of amides is 2. The summed E-state index contributed by atoms with van der Waals surface area (Å²) in [5.74, 6) is 0.583. The number of hydrogen-bond donors (Lipinski definition) is 1. The predicted octanol–water partition coefficient (Wildman–Crippen LogP) is 5.49. The van der Waals surface area contributed by atoms with E-state index < -0.39 is 0 Å². The third-order valence-corrected chi connectivity index (χ3v) is 5.46. The maximum atomic E-state index is 13.0. The molecule has 0 aliphatic heterocycles. The minimum absolute atomic E-state index is 0.129. The molecule has 0 bridgehead atoms. The zero-order valence-corrected chi connectivity index (χ0v) is 18.9. The lowest BCUT2D eigenvalue weighted by atomic mass is 9.98. The average molecular weight is 431 g/mol. The van der Waals surface area contributed by atoms with Crippen molar-refractivity contribution in [1.29, 1.82) is 0 Å². The molecule has 0 saturated carbocycles. The fourth-order valence-corrected chi connectivity index (χ4v) is 3.48. The Bertz CT molecular complexity index is 1050. The Balaban J connectivity index is 1.66. The van der Waals surface area contributed by atoms with E-state index in [0.29, 0.717) is 29.5 Å². The Morgan fingerprint density at radius 2 is 1.59 bits per heavy atom. The van der Waals surface area contributed by atoms with Gasteiger partial charge in [0.15, 0.2) is 6.61 Å². The van der Waals surface area contributed by atoms with Gasteiger partial charge in [0.05, 0.1) is 11.3 Å². The molecule has 3 rings (SSSR count). The Morgan fingerprint density at radius 1 is 0.938 bits per heavy atom. The van der Waals surface area contributed by atoms with Crippen LogP contribution in [0.2, 0.25) is 0 Å². The van der Waals surface area contributed by atoms with Crippen molar-refractivity contribution >= 4 is 17.5 Å². The van der Waals surface area contributed by atoms with Crippen LogP contribution in [0.15, 0.2) is 78.9 Å². The smallest absolute Gasteiger partial charge is 0.262 e. The van der Waals surface area contributed by atoms with Crippen LogP contribution in [0.1, 0.15) is 47.7 Å². The summed E-state index contributed by atoms with van der Waals surface area (Å²) in [6, 6.07) is 24.6. The van der Waals surface area contributed by atoms with Crippen molar-refractivity contribution in [3.05, 3.63) is 95.6 Å². The zero-order chi connectivity index (χ0) is 22.9. The molecule has 166 valence electrons. The first-order chi connectivity index (χ1) is 15.5. The summed E-state index contributed by atoms with van der Waals surface area (Å²) < 4.78 is 5.81. The van der Waals surface area contributed by atoms with Gasteiger partial charge < -0.3 is 15.0 Å². The van der Waals surface area contributed by atoms with Crippen molar-refractivity contribution in [1.82, 2.24) is 4.90 Å². The van der Waals surface area contributed by atoms with E-state index in [1.54, 1.807) is 36.2 Å². The lowest BCUT2D eigenvalue weighted by Gasteiger charge is -2.20. The highest BCUT2D eigenvalue weighted by molar-refractivity contribution is 6.03. The Morgan fingerprint density at radius 3 is 2.34 bits per heavy atom. The van der Waals surface area contributed by atoms with Crippen LogP contribution in [0, 0.1) is 0 Å². The van der Waals surface area contributed by atoms with Gasteiger partial charge in [-0.25, -0.2) is 0 Å². The second-order valence-corrected chi connectivity index (χ2v) is 7.88. The van der Waals surface area contributed by atoms with Gasteiger partial charge in [0.2, 0.25) is 0 Å². The number of carbonyl (C=O) groups is 2. The van der Waals surface area contributed by atoms with Crippen LogP contribution in [0.25, 0.3) is 0 Å². The molecule has 1 atom stereocenters. The number of para-hydroxylation sites is 2. The average Bonchev–Trinajstić information content (AvgIpc) is 2.83. The largest absolute Gasteiger partial charge is 0.483 e. The first kappa shape index (κ1) is 23.1. The summed E-state index contributed by atoms with van der Waals surface area (Å²) in [7, 11) is 1.75. The molecule has 0 aromatic heterocycles. The second-order valence-electron chi connectivity index (χ2n) is 7.88. The normalized spacial score (nSPS) is 11.5. The van der Waals surface area contributed by atoms with Gasteiger partial charge in [-0.1, -0.05) is 74.5 Å². The van der Waals surface area contributed by atoms with Crippen LogP contribution in [-0.2, 0) is 11.3 Å². The Kier molecular flexibility index (Phi) is 8.03. The topological polar surface area (TPSA) is 58.6 Å². The number of benzene rings is 3. The maximum Gasteiger partial charge on any atom is 0.262 e. The van der Waals surface area contributed by atoms with E-state index in [4.69, 9.17) is 4.74 Å². The molecule has 0 aliphatic rings. The molecule has 2 amide bonds. The van der Waals surface area contributed by atoms with Crippen molar-refractivity contribution < 1.29 is 14.3 Å². The third kappa shape index (κ3) is 5.97. The van der Waals surface area contributed by atoms with Crippen LogP contribution < -0.4 is 10.1 Å². The minimum Gasteiger partial charge on any atom is -0.483 e. The first-order valence-electron chi connectivity index (χ1n) is 10.9. The number of nitrogens with one attached hydrogen (secondary N) is 1. The highest BCUT2D eigenvalue weighted by Gasteiger charge is 2.18. The predicted molar refractivity (Wildman–Crippen MR) is 128 cm³/mol. The van der Waals surface area contributed by atoms with Gasteiger partial charge in [-0.05, 0) is 41.7 Å². The summed E-state index contributed by atoms with van der Waals surface area (Å²) >= 11 is 0. The first-order valence-corrected chi connectivity index (χ1v) is 10.9. The van der Waals surface area contributed by atoms with E-state index in [1.165, 1.54) is 0 Å². The lowest BCUT2D eigenvalue weighted by Crippen LogP contribution is -2.28. The van der Waals surface area contributed by atoms with Crippen LogP contribution in [0.5, 0.6) is 5.75 Å². The molecule has 5 heteroatoms. The van der Waals surface area contributed by atoms with E-state index in [1.807, 2.05) is 54.6 Å². The highest BCUT2D eigenvalue weighted by atomic mass is 16.5. The van der Waals surface area contributed by atoms with E-state index >= 15 is 0 Å². The van der Waals surface area contributed by atoms with Gasteiger partial charge in [-0.3, -0.25) is 9.59 Å². The number of nitrogens with zero attached hydrogens (tertiary/aromatic N) is 1. The quantitative estimate of drug-likeness (QED) is 0.488. The van der Waals surface area contributed by atoms with Crippen molar-refractivity contribution in [2.24, 2.45) is 0 Å². The summed E-state index contributed by atoms with van der Waals surface area (Å²) in [6.07, 6.45) is 0.985. The molecule has 0 spiro atoms. The molecule has 0 saturated heterocycles. The number of hydrogen-bond acceptors (Lipinski definition) is 3. The molecule has 5 nitrogen and oxygen atoms in total. The summed E-state index contributed by atoms with van der Waals surface area (Å²) in [6.45, 7) is 4.61. The minimum atomic E-state index is -0.310. The standard InChI is InChI=1S/C27H30N2O3/c1-4-20(2)22-14-9-11-17-25(22)32-19-26(30)28-24-16-10-8-15-23(24)27(31)29(3)18-21-12-6-5-7-13-21/h5-17,20H,4,18-19H2,1-3H3,(H,28,30). The van der Waals surface area contributed by atoms with Gasteiger partial charge in [-0.15, -0.1) is 0 Å². The van der Waals surface area contributed by atoms with Crippen molar-refractivity contribution in [2.45, 2.75) is 32.7 Å². The van der Waals surface area contributed by atoms with Crippen molar-refractivity contribution in [3.8, 4) is 5.75 Å². The Hall–Kier alpha value is -3.60. The van der Waals surface area contributed by atoms with Crippen LogP contribution in [0.3, 0.4) is 0 Å². The van der Waals surface area contributed by atoms with Gasteiger partial charge in [0.25, 0.3) is 11.8 Å². The maximum absolute atomic E-state index is 13.0. The number of ether oxygens (including phenoxy) is 1. The lowest BCUT2D eigenvalue weighted by molar-refractivity contribution is -0.118. The molecule has 3 aromatic rings. The molecule has 1 N–H and O–H groups in total. The molecule has 1 unspecified atom stereocenters. The fraction of sp³-hybridized carbons (Fsp3) is 0.259. The van der Waals surface area contributed by atoms with Crippen molar-refractivity contribution in [2.75, 3.05) is 19.0 Å². The monoisotopic (exact) mass is 430 g/mol. The van der Waals surface area contributed by atoms with Crippen molar-refractivity contribution in [3.63, 3.8) is 0 Å². The van der Waals surface area contributed by atoms with E-state index in [0.717, 1.165) is 17.5 Å². The Labute approximate surface area is 190 Å². The van der Waals surface area contributed by atoms with Gasteiger partial charge in [-0.2, -0.15) is 0 Å². The SMILES string of the molecule is CCC(C)c1ccccc1OCC(=O)Nc1ccccc1C(=O)N(C)Cc1ccccc1. The molecular weight excluding hydrogens is 400 g/mol. The van der Waals surface area contributed by atoms with E-state index in [9.17, 15) is 9.59 Å². The molecule has 0 fully saturated rings.